The normalized spacial score (nSPS) is 22.6. The van der Waals surface area contributed by atoms with E-state index in [-0.39, 0.29) is 29.5 Å². The number of nitrogens with zero attached hydrogens (tertiary/aromatic N) is 2. The smallest absolute Gasteiger partial charge is 0.256 e. The average Bonchev–Trinajstić information content (AvgIpc) is 2.83. The maximum atomic E-state index is 13.8. The summed E-state index contributed by atoms with van der Waals surface area (Å²) in [5.41, 5.74) is -0.239. The molecule has 2 atom stereocenters. The van der Waals surface area contributed by atoms with Gasteiger partial charge in [-0.3, -0.25) is 9.59 Å². The molecule has 4 nitrogen and oxygen atoms in total. The second kappa shape index (κ2) is 7.04. The second-order valence-corrected chi connectivity index (χ2v) is 8.78. The van der Waals surface area contributed by atoms with E-state index in [1.807, 2.05) is 39.0 Å². The number of hydrogen-bond acceptors (Lipinski definition) is 2. The van der Waals surface area contributed by atoms with Crippen LogP contribution < -0.4 is 0 Å². The predicted octanol–water partition coefficient (Wildman–Crippen LogP) is 4.11. The van der Waals surface area contributed by atoms with Crippen LogP contribution in [0.1, 0.15) is 43.6 Å². The molecular formula is C23H27FN2O2. The Morgan fingerprint density at radius 3 is 2.32 bits per heavy atom. The van der Waals surface area contributed by atoms with Gasteiger partial charge in [-0.25, -0.2) is 4.39 Å². The van der Waals surface area contributed by atoms with Crippen LogP contribution in [-0.2, 0) is 11.2 Å². The van der Waals surface area contributed by atoms with Crippen molar-refractivity contribution in [2.75, 3.05) is 7.05 Å². The largest absolute Gasteiger partial charge is 0.323 e. The molecule has 0 aromatic heterocycles. The molecule has 0 bridgehead atoms. The van der Waals surface area contributed by atoms with Crippen LogP contribution >= 0.6 is 0 Å². The van der Waals surface area contributed by atoms with Gasteiger partial charge in [0.25, 0.3) is 5.91 Å². The summed E-state index contributed by atoms with van der Waals surface area (Å²) >= 11 is 0. The Labute approximate surface area is 166 Å². The van der Waals surface area contributed by atoms with Gasteiger partial charge in [0.15, 0.2) is 0 Å². The highest BCUT2D eigenvalue weighted by Crippen LogP contribution is 2.41. The van der Waals surface area contributed by atoms with Gasteiger partial charge in [0, 0.05) is 24.4 Å². The molecule has 2 aromatic carbocycles. The minimum atomic E-state index is -1.10. The highest BCUT2D eigenvalue weighted by molar-refractivity contribution is 6.01. The van der Waals surface area contributed by atoms with Crippen LogP contribution in [0.15, 0.2) is 54.6 Å². The third-order valence-corrected chi connectivity index (χ3v) is 5.38. The summed E-state index contributed by atoms with van der Waals surface area (Å²) < 4.78 is 13.8. The van der Waals surface area contributed by atoms with Crippen molar-refractivity contribution in [3.63, 3.8) is 0 Å². The first-order chi connectivity index (χ1) is 13.1. The molecule has 0 spiro atoms. The van der Waals surface area contributed by atoms with E-state index in [1.54, 1.807) is 48.0 Å². The summed E-state index contributed by atoms with van der Waals surface area (Å²) in [4.78, 5) is 30.2. The monoisotopic (exact) mass is 381 g/mol. The molecule has 1 saturated heterocycles. The highest BCUT2D eigenvalue weighted by atomic mass is 18.2. The Morgan fingerprint density at radius 2 is 1.75 bits per heavy atom. The van der Waals surface area contributed by atoms with Crippen molar-refractivity contribution < 1.29 is 14.0 Å². The summed E-state index contributed by atoms with van der Waals surface area (Å²) in [5.74, 6) is -0.689. The fraction of sp³-hybridized carbons (Fsp3) is 0.391. The summed E-state index contributed by atoms with van der Waals surface area (Å²) in [6.45, 7) is 7.82. The molecule has 5 heteroatoms. The van der Waals surface area contributed by atoms with Crippen LogP contribution in [-0.4, -0.2) is 40.4 Å². The van der Waals surface area contributed by atoms with Crippen LogP contribution in [0, 0.1) is 11.2 Å². The second-order valence-electron chi connectivity index (χ2n) is 8.78. The molecule has 0 radical (unpaired) electrons. The number of carbonyl (C=O) groups is 2. The fourth-order valence-electron chi connectivity index (χ4n) is 4.27. The van der Waals surface area contributed by atoms with Gasteiger partial charge in [0.05, 0.1) is 0 Å². The van der Waals surface area contributed by atoms with Gasteiger partial charge in [-0.2, -0.15) is 0 Å². The lowest BCUT2D eigenvalue weighted by atomic mass is 9.87. The summed E-state index contributed by atoms with van der Waals surface area (Å²) in [6.07, 6.45) is -0.162. The lowest BCUT2D eigenvalue weighted by Gasteiger charge is -2.42. The van der Waals surface area contributed by atoms with Gasteiger partial charge in [-0.1, -0.05) is 51.1 Å². The van der Waals surface area contributed by atoms with Crippen molar-refractivity contribution in [2.24, 2.45) is 5.41 Å². The van der Waals surface area contributed by atoms with E-state index in [2.05, 4.69) is 0 Å². The third-order valence-electron chi connectivity index (χ3n) is 5.38. The fourth-order valence-corrected chi connectivity index (χ4v) is 4.27. The number of halogens is 1. The first-order valence-corrected chi connectivity index (χ1v) is 9.46. The van der Waals surface area contributed by atoms with E-state index in [0.29, 0.717) is 11.1 Å². The number of amides is 2. The SMILES string of the molecule is CN1C(=O)[C@](C)(Cc2cccc([18F])c2)N(C(=O)c2ccccc2)[C@H]1C(C)(C)C. The Kier molecular flexibility index (Phi) is 5.04. The van der Waals surface area contributed by atoms with E-state index < -0.39 is 11.7 Å². The molecule has 148 valence electrons. The first-order valence-electron chi connectivity index (χ1n) is 9.46. The van der Waals surface area contributed by atoms with Gasteiger partial charge in [0.1, 0.15) is 17.5 Å². The standard InChI is InChI=1S/C23H27FN2O2/c1-22(2,3)20-25(5)21(28)23(4,15-16-10-9-13-18(24)14-16)26(20)19(27)17-11-7-6-8-12-17/h6-14,20H,15H2,1-5H3/t20-,23-/m0/s1/i24-1. The van der Waals surface area contributed by atoms with Gasteiger partial charge in [-0.05, 0) is 36.8 Å². The van der Waals surface area contributed by atoms with Crippen LogP contribution in [0.4, 0.5) is 4.39 Å². The van der Waals surface area contributed by atoms with E-state index in [4.69, 9.17) is 0 Å². The number of carbonyl (C=O) groups excluding carboxylic acids is 2. The molecule has 0 saturated carbocycles. The lowest BCUT2D eigenvalue weighted by molar-refractivity contribution is -0.132. The molecule has 0 unspecified atom stereocenters. The summed E-state index contributed by atoms with van der Waals surface area (Å²) in [5, 5.41) is 0. The van der Waals surface area contributed by atoms with Gasteiger partial charge < -0.3 is 9.80 Å². The van der Waals surface area contributed by atoms with E-state index in [0.717, 1.165) is 0 Å². The van der Waals surface area contributed by atoms with Crippen molar-refractivity contribution in [1.29, 1.82) is 0 Å². The average molecular weight is 381 g/mol. The molecule has 1 aliphatic heterocycles. The Bertz CT molecular complexity index is 891. The maximum Gasteiger partial charge on any atom is 0.256 e. The quantitative estimate of drug-likeness (QED) is 0.803. The Morgan fingerprint density at radius 1 is 1.11 bits per heavy atom. The molecule has 28 heavy (non-hydrogen) atoms. The topological polar surface area (TPSA) is 40.6 Å². The van der Waals surface area contributed by atoms with Gasteiger partial charge in [-0.15, -0.1) is 0 Å². The van der Waals surface area contributed by atoms with Gasteiger partial charge in [0.2, 0.25) is 5.91 Å². The van der Waals surface area contributed by atoms with Crippen molar-refractivity contribution in [3.8, 4) is 0 Å². The number of rotatable bonds is 3. The van der Waals surface area contributed by atoms with Gasteiger partial charge >= 0.3 is 0 Å². The zero-order chi connectivity index (χ0) is 20.7. The third kappa shape index (κ3) is 3.41. The molecule has 1 aliphatic rings. The van der Waals surface area contributed by atoms with E-state index in [9.17, 15) is 14.0 Å². The molecular weight excluding hydrogens is 354 g/mol. The highest BCUT2D eigenvalue weighted by Gasteiger charge is 2.58. The summed E-state index contributed by atoms with van der Waals surface area (Å²) in [6, 6.07) is 15.2. The first kappa shape index (κ1) is 20.1. The van der Waals surface area contributed by atoms with E-state index >= 15 is 0 Å². The molecule has 1 fully saturated rings. The molecule has 2 amide bonds. The number of likely N-dealkylation sites (N-methyl/N-ethyl adjacent to an activating group) is 1. The van der Waals surface area contributed by atoms with Crippen LogP contribution in [0.2, 0.25) is 0 Å². The van der Waals surface area contributed by atoms with Crippen LogP contribution in [0.25, 0.3) is 0 Å². The van der Waals surface area contributed by atoms with Crippen molar-refractivity contribution in [1.82, 2.24) is 9.80 Å². The molecule has 0 N–H and O–H groups in total. The molecule has 2 aromatic rings. The Hall–Kier alpha value is -2.69. The van der Waals surface area contributed by atoms with Crippen LogP contribution in [0.5, 0.6) is 0 Å². The Balaban J connectivity index is 2.12. The van der Waals surface area contributed by atoms with Crippen LogP contribution in [0.3, 0.4) is 0 Å². The predicted molar refractivity (Wildman–Crippen MR) is 107 cm³/mol. The molecule has 1 heterocycles. The number of benzene rings is 2. The van der Waals surface area contributed by atoms with Crippen molar-refractivity contribution in [2.45, 2.75) is 45.8 Å². The lowest BCUT2D eigenvalue weighted by Crippen LogP contribution is -2.56. The minimum absolute atomic E-state index is 0.138. The molecule has 3 rings (SSSR count). The minimum Gasteiger partial charge on any atom is -0.323 e. The maximum absolute atomic E-state index is 13.8. The number of hydrogen-bond donors (Lipinski definition) is 0. The van der Waals surface area contributed by atoms with Crippen molar-refractivity contribution in [3.05, 3.63) is 71.5 Å². The zero-order valence-corrected chi connectivity index (χ0v) is 17.1. The van der Waals surface area contributed by atoms with Crippen molar-refractivity contribution >= 4 is 11.8 Å². The molecule has 0 aliphatic carbocycles. The summed E-state index contributed by atoms with van der Waals surface area (Å²) in [7, 11) is 1.74. The van der Waals surface area contributed by atoms with E-state index in [1.165, 1.54) is 12.1 Å². The zero-order valence-electron chi connectivity index (χ0n) is 17.1.